The zero-order valence-electron chi connectivity index (χ0n) is 7.01. The van der Waals surface area contributed by atoms with Crippen molar-refractivity contribution in [2.75, 3.05) is 13.2 Å². The molecule has 2 nitrogen and oxygen atoms in total. The van der Waals surface area contributed by atoms with Gasteiger partial charge < -0.3 is 9.47 Å². The Labute approximate surface area is 77.5 Å². The number of halogens is 1. The summed E-state index contributed by atoms with van der Waals surface area (Å²) in [5, 5.41) is 0. The Hall–Kier alpha value is -0.0500. The second-order valence-electron chi connectivity index (χ2n) is 3.37. The smallest absolute Gasteiger partial charge is 0.169 e. The molecule has 0 N–H and O–H groups in total. The van der Waals surface area contributed by atoms with Gasteiger partial charge in [0.2, 0.25) is 0 Å². The van der Waals surface area contributed by atoms with E-state index < -0.39 is 0 Å². The van der Waals surface area contributed by atoms with Crippen LogP contribution in [-0.2, 0) is 9.47 Å². The highest BCUT2D eigenvalue weighted by atomic mass is 35.5. The van der Waals surface area contributed by atoms with Crippen molar-refractivity contribution in [3.05, 3.63) is 11.1 Å². The summed E-state index contributed by atoms with van der Waals surface area (Å²) in [7, 11) is 0. The van der Waals surface area contributed by atoms with Gasteiger partial charge in [0.15, 0.2) is 5.79 Å². The zero-order valence-corrected chi connectivity index (χ0v) is 7.77. The van der Waals surface area contributed by atoms with Gasteiger partial charge in [-0.15, -0.1) is 0 Å². The van der Waals surface area contributed by atoms with E-state index in [0.29, 0.717) is 0 Å². The molecule has 2 fully saturated rings. The lowest BCUT2D eigenvalue weighted by Crippen LogP contribution is -2.32. The second-order valence-corrected chi connectivity index (χ2v) is 3.59. The molecule has 1 spiro atoms. The lowest BCUT2D eigenvalue weighted by Gasteiger charge is -2.32. The highest BCUT2D eigenvalue weighted by Crippen LogP contribution is 2.37. The maximum Gasteiger partial charge on any atom is 0.169 e. The Kier molecular flexibility index (Phi) is 2.40. The van der Waals surface area contributed by atoms with E-state index >= 15 is 0 Å². The Bertz CT molecular complexity index is 183. The van der Waals surface area contributed by atoms with Crippen LogP contribution < -0.4 is 0 Å². The molecule has 0 aromatic carbocycles. The minimum Gasteiger partial charge on any atom is -0.348 e. The molecule has 0 radical (unpaired) electrons. The van der Waals surface area contributed by atoms with Crippen molar-refractivity contribution in [3.63, 3.8) is 0 Å². The first-order valence-corrected chi connectivity index (χ1v) is 4.84. The minimum absolute atomic E-state index is 0.247. The fourth-order valence-corrected chi connectivity index (χ4v) is 2.07. The van der Waals surface area contributed by atoms with Gasteiger partial charge in [0.1, 0.15) is 0 Å². The third-order valence-corrected chi connectivity index (χ3v) is 2.93. The third-order valence-electron chi connectivity index (χ3n) is 2.62. The molecular formula is C9H13ClO2. The SMILES string of the molecule is ClC=C1CCC2(CC1)OCCO2. The van der Waals surface area contributed by atoms with Crippen molar-refractivity contribution < 1.29 is 9.47 Å². The van der Waals surface area contributed by atoms with Crippen LogP contribution in [0.1, 0.15) is 25.7 Å². The van der Waals surface area contributed by atoms with Gasteiger partial charge in [0.25, 0.3) is 0 Å². The first-order valence-electron chi connectivity index (χ1n) is 4.41. The summed E-state index contributed by atoms with van der Waals surface area (Å²) >= 11 is 5.63. The summed E-state index contributed by atoms with van der Waals surface area (Å²) in [6, 6.07) is 0. The van der Waals surface area contributed by atoms with E-state index in [-0.39, 0.29) is 5.79 Å². The van der Waals surface area contributed by atoms with E-state index in [1.165, 1.54) is 5.57 Å². The molecule has 12 heavy (non-hydrogen) atoms. The van der Waals surface area contributed by atoms with Crippen LogP contribution in [0, 0.1) is 0 Å². The molecule has 0 aromatic rings. The number of ether oxygens (including phenoxy) is 2. The van der Waals surface area contributed by atoms with Crippen LogP contribution in [0.2, 0.25) is 0 Å². The third kappa shape index (κ3) is 1.51. The predicted octanol–water partition coefficient (Wildman–Crippen LogP) is 2.43. The summed E-state index contributed by atoms with van der Waals surface area (Å²) in [5.74, 6) is -0.247. The van der Waals surface area contributed by atoms with Gasteiger partial charge in [0.05, 0.1) is 13.2 Å². The van der Waals surface area contributed by atoms with E-state index in [1.807, 2.05) is 0 Å². The molecule has 2 rings (SSSR count). The molecule has 1 saturated carbocycles. The molecule has 0 bridgehead atoms. The van der Waals surface area contributed by atoms with Crippen LogP contribution in [0.4, 0.5) is 0 Å². The molecule has 1 saturated heterocycles. The lowest BCUT2D eigenvalue weighted by atomic mass is 9.91. The first-order chi connectivity index (χ1) is 5.85. The van der Waals surface area contributed by atoms with Crippen molar-refractivity contribution in [2.45, 2.75) is 31.5 Å². The summed E-state index contributed by atoms with van der Waals surface area (Å²) in [5.41, 5.74) is 3.02. The fraction of sp³-hybridized carbons (Fsp3) is 0.778. The molecule has 3 heteroatoms. The van der Waals surface area contributed by atoms with Crippen molar-refractivity contribution in [1.82, 2.24) is 0 Å². The average Bonchev–Trinajstić information content (AvgIpc) is 2.55. The molecule has 2 aliphatic rings. The number of rotatable bonds is 0. The quantitative estimate of drug-likeness (QED) is 0.582. The maximum atomic E-state index is 5.63. The Morgan fingerprint density at radius 1 is 1.17 bits per heavy atom. The highest BCUT2D eigenvalue weighted by Gasteiger charge is 2.38. The molecule has 1 aliphatic carbocycles. The second kappa shape index (κ2) is 3.36. The van der Waals surface area contributed by atoms with Crippen molar-refractivity contribution in [1.29, 1.82) is 0 Å². The van der Waals surface area contributed by atoms with Gasteiger partial charge in [-0.2, -0.15) is 0 Å². The maximum absolute atomic E-state index is 5.63. The molecule has 1 heterocycles. The molecular weight excluding hydrogens is 176 g/mol. The van der Waals surface area contributed by atoms with Crippen molar-refractivity contribution in [2.24, 2.45) is 0 Å². The van der Waals surface area contributed by atoms with Crippen LogP contribution in [0.25, 0.3) is 0 Å². The van der Waals surface area contributed by atoms with Crippen LogP contribution in [0.3, 0.4) is 0 Å². The molecule has 0 amide bonds. The Balaban J connectivity index is 1.97. The van der Waals surface area contributed by atoms with Gasteiger partial charge in [-0.3, -0.25) is 0 Å². The number of allylic oxidation sites excluding steroid dienone is 1. The average molecular weight is 189 g/mol. The first kappa shape index (κ1) is 8.54. The standard InChI is InChI=1S/C9H13ClO2/c10-7-8-1-3-9(4-2-8)11-5-6-12-9/h7H,1-6H2. The number of hydrogen-bond acceptors (Lipinski definition) is 2. The summed E-state index contributed by atoms with van der Waals surface area (Å²) in [6.45, 7) is 1.50. The van der Waals surface area contributed by atoms with E-state index in [2.05, 4.69) is 0 Å². The molecule has 0 atom stereocenters. The monoisotopic (exact) mass is 188 g/mol. The van der Waals surface area contributed by atoms with Crippen LogP contribution >= 0.6 is 11.6 Å². The van der Waals surface area contributed by atoms with Crippen LogP contribution in [-0.4, -0.2) is 19.0 Å². The summed E-state index contributed by atoms with van der Waals surface area (Å²) in [6.07, 6.45) is 3.96. The minimum atomic E-state index is -0.247. The molecule has 1 aliphatic heterocycles. The van der Waals surface area contributed by atoms with Gasteiger partial charge in [0, 0.05) is 18.4 Å². The normalized spacial score (nSPS) is 27.9. The van der Waals surface area contributed by atoms with Crippen LogP contribution in [0.5, 0.6) is 0 Å². The van der Waals surface area contributed by atoms with Gasteiger partial charge in [-0.05, 0) is 12.8 Å². The fourth-order valence-electron chi connectivity index (χ4n) is 1.85. The largest absolute Gasteiger partial charge is 0.348 e. The topological polar surface area (TPSA) is 18.5 Å². The van der Waals surface area contributed by atoms with E-state index in [0.717, 1.165) is 38.9 Å². The Morgan fingerprint density at radius 3 is 2.25 bits per heavy atom. The molecule has 0 aromatic heterocycles. The summed E-state index contributed by atoms with van der Waals surface area (Å²) in [4.78, 5) is 0. The van der Waals surface area contributed by atoms with Gasteiger partial charge in [-0.25, -0.2) is 0 Å². The molecule has 0 unspecified atom stereocenters. The van der Waals surface area contributed by atoms with Gasteiger partial charge >= 0.3 is 0 Å². The van der Waals surface area contributed by atoms with Gasteiger partial charge in [-0.1, -0.05) is 17.2 Å². The zero-order chi connectivity index (χ0) is 8.44. The van der Waals surface area contributed by atoms with Crippen LogP contribution in [0.15, 0.2) is 11.1 Å². The number of hydrogen-bond donors (Lipinski definition) is 0. The van der Waals surface area contributed by atoms with E-state index in [9.17, 15) is 0 Å². The molecule has 68 valence electrons. The highest BCUT2D eigenvalue weighted by molar-refractivity contribution is 6.25. The van der Waals surface area contributed by atoms with Crippen molar-refractivity contribution >= 4 is 11.6 Å². The summed E-state index contributed by atoms with van der Waals surface area (Å²) < 4.78 is 11.2. The Morgan fingerprint density at radius 2 is 1.75 bits per heavy atom. The van der Waals surface area contributed by atoms with Crippen molar-refractivity contribution in [3.8, 4) is 0 Å². The lowest BCUT2D eigenvalue weighted by molar-refractivity contribution is -0.171. The predicted molar refractivity (Wildman–Crippen MR) is 47.0 cm³/mol. The van der Waals surface area contributed by atoms with E-state index in [1.54, 1.807) is 5.54 Å². The van der Waals surface area contributed by atoms with E-state index in [4.69, 9.17) is 21.1 Å².